The molecule has 2 nitrogen and oxygen atoms in total. The maximum absolute atomic E-state index is 6.00. The molecule has 0 radical (unpaired) electrons. The molecule has 0 fully saturated rings. The Kier molecular flexibility index (Phi) is 2.81. The first kappa shape index (κ1) is 10.3. The molecule has 0 spiro atoms. The van der Waals surface area contributed by atoms with Crippen LogP contribution in [0.3, 0.4) is 0 Å². The monoisotopic (exact) mass is 181 g/mol. The van der Waals surface area contributed by atoms with Crippen LogP contribution < -0.4 is 5.73 Å². The fraction of sp³-hybridized carbons (Fsp3) is 0.636. The highest BCUT2D eigenvalue weighted by Crippen LogP contribution is 2.28. The Balaban J connectivity index is 2.64. The second-order valence-corrected chi connectivity index (χ2v) is 4.82. The summed E-state index contributed by atoms with van der Waals surface area (Å²) in [4.78, 5) is 0. The number of hydrogen-bond donors (Lipinski definition) is 1. The van der Waals surface area contributed by atoms with E-state index in [1.807, 2.05) is 19.1 Å². The summed E-state index contributed by atoms with van der Waals surface area (Å²) in [7, 11) is 0. The molecule has 0 aliphatic rings. The second-order valence-electron chi connectivity index (χ2n) is 4.82. The van der Waals surface area contributed by atoms with Crippen LogP contribution in [0, 0.1) is 12.3 Å². The van der Waals surface area contributed by atoms with Crippen molar-refractivity contribution in [3.63, 3.8) is 0 Å². The third-order valence-corrected chi connectivity index (χ3v) is 1.96. The van der Waals surface area contributed by atoms with Gasteiger partial charge in [0.05, 0.1) is 6.04 Å². The summed E-state index contributed by atoms with van der Waals surface area (Å²) >= 11 is 0. The average Bonchev–Trinajstić information content (AvgIpc) is 2.31. The molecular formula is C11H19NO. The smallest absolute Gasteiger partial charge is 0.120 e. The molecule has 1 rings (SSSR count). The Bertz CT molecular complexity index is 270. The van der Waals surface area contributed by atoms with Gasteiger partial charge in [0.1, 0.15) is 11.5 Å². The largest absolute Gasteiger partial charge is 0.465 e. The zero-order valence-corrected chi connectivity index (χ0v) is 8.92. The van der Waals surface area contributed by atoms with Crippen molar-refractivity contribution in [1.82, 2.24) is 0 Å². The molecule has 2 heteroatoms. The van der Waals surface area contributed by atoms with Crippen molar-refractivity contribution in [1.29, 1.82) is 0 Å². The van der Waals surface area contributed by atoms with Crippen LogP contribution in [0.1, 0.15) is 44.8 Å². The van der Waals surface area contributed by atoms with Crippen molar-refractivity contribution in [2.45, 2.75) is 40.2 Å². The molecule has 0 aromatic carbocycles. The lowest BCUT2D eigenvalue weighted by molar-refractivity contribution is 0.314. The van der Waals surface area contributed by atoms with Gasteiger partial charge in [-0.1, -0.05) is 20.8 Å². The topological polar surface area (TPSA) is 39.2 Å². The van der Waals surface area contributed by atoms with Crippen LogP contribution in [0.5, 0.6) is 0 Å². The minimum absolute atomic E-state index is 0.0219. The van der Waals surface area contributed by atoms with E-state index in [9.17, 15) is 0 Å². The first-order valence-electron chi connectivity index (χ1n) is 4.70. The molecule has 1 aromatic rings. The third kappa shape index (κ3) is 3.23. The summed E-state index contributed by atoms with van der Waals surface area (Å²) in [6, 6.07) is 3.94. The van der Waals surface area contributed by atoms with Crippen molar-refractivity contribution in [3.05, 3.63) is 23.7 Å². The van der Waals surface area contributed by atoms with E-state index in [0.717, 1.165) is 17.9 Å². The first-order valence-corrected chi connectivity index (χ1v) is 4.70. The lowest BCUT2D eigenvalue weighted by atomic mass is 9.88. The highest BCUT2D eigenvalue weighted by atomic mass is 16.3. The summed E-state index contributed by atoms with van der Waals surface area (Å²) in [5.41, 5.74) is 6.25. The normalized spacial score (nSPS) is 14.5. The van der Waals surface area contributed by atoms with Gasteiger partial charge < -0.3 is 10.2 Å². The van der Waals surface area contributed by atoms with Gasteiger partial charge in [0.15, 0.2) is 0 Å². The van der Waals surface area contributed by atoms with E-state index in [4.69, 9.17) is 10.2 Å². The van der Waals surface area contributed by atoms with Gasteiger partial charge >= 0.3 is 0 Å². The van der Waals surface area contributed by atoms with Crippen LogP contribution >= 0.6 is 0 Å². The molecule has 0 aliphatic heterocycles. The minimum Gasteiger partial charge on any atom is -0.465 e. The average molecular weight is 181 g/mol. The lowest BCUT2D eigenvalue weighted by Gasteiger charge is -2.21. The van der Waals surface area contributed by atoms with Crippen molar-refractivity contribution in [2.75, 3.05) is 0 Å². The summed E-state index contributed by atoms with van der Waals surface area (Å²) < 4.78 is 5.47. The highest BCUT2D eigenvalue weighted by molar-refractivity contribution is 5.09. The van der Waals surface area contributed by atoms with E-state index >= 15 is 0 Å². The SMILES string of the molecule is Cc1ccc([C@@H](N)CC(C)(C)C)o1. The van der Waals surface area contributed by atoms with Gasteiger partial charge in [0.2, 0.25) is 0 Å². The Hall–Kier alpha value is -0.760. The van der Waals surface area contributed by atoms with Crippen molar-refractivity contribution in [2.24, 2.45) is 11.1 Å². The highest BCUT2D eigenvalue weighted by Gasteiger charge is 2.18. The molecule has 0 amide bonds. The standard InChI is InChI=1S/C11H19NO/c1-8-5-6-10(13-8)9(12)7-11(2,3)4/h5-6,9H,7,12H2,1-4H3/t9-/m0/s1. The Labute approximate surface area is 80.1 Å². The number of aryl methyl sites for hydroxylation is 1. The van der Waals surface area contributed by atoms with E-state index in [1.54, 1.807) is 0 Å². The minimum atomic E-state index is 0.0219. The van der Waals surface area contributed by atoms with Crippen LogP contribution in [0.2, 0.25) is 0 Å². The van der Waals surface area contributed by atoms with Crippen LogP contribution in [0.25, 0.3) is 0 Å². The van der Waals surface area contributed by atoms with Gasteiger partial charge in [-0.3, -0.25) is 0 Å². The Morgan fingerprint density at radius 2 is 2.00 bits per heavy atom. The molecule has 1 heterocycles. The van der Waals surface area contributed by atoms with Gasteiger partial charge in [-0.15, -0.1) is 0 Å². The van der Waals surface area contributed by atoms with E-state index < -0.39 is 0 Å². The Morgan fingerprint density at radius 1 is 1.38 bits per heavy atom. The number of nitrogens with two attached hydrogens (primary N) is 1. The molecule has 0 saturated carbocycles. The fourth-order valence-corrected chi connectivity index (χ4v) is 1.41. The molecule has 2 N–H and O–H groups in total. The molecule has 1 aromatic heterocycles. The molecule has 74 valence electrons. The van der Waals surface area contributed by atoms with Gasteiger partial charge in [-0.25, -0.2) is 0 Å². The molecule has 0 aliphatic carbocycles. The van der Waals surface area contributed by atoms with Crippen LogP contribution in [-0.2, 0) is 0 Å². The maximum atomic E-state index is 6.00. The van der Waals surface area contributed by atoms with Gasteiger partial charge in [-0.05, 0) is 30.9 Å². The number of hydrogen-bond acceptors (Lipinski definition) is 2. The van der Waals surface area contributed by atoms with Crippen molar-refractivity contribution in [3.8, 4) is 0 Å². The van der Waals surface area contributed by atoms with E-state index in [1.165, 1.54) is 0 Å². The second kappa shape index (κ2) is 3.54. The van der Waals surface area contributed by atoms with Gasteiger partial charge in [0.25, 0.3) is 0 Å². The molecule has 0 unspecified atom stereocenters. The maximum Gasteiger partial charge on any atom is 0.120 e. The predicted octanol–water partition coefficient (Wildman–Crippen LogP) is 3.02. The fourth-order valence-electron chi connectivity index (χ4n) is 1.41. The van der Waals surface area contributed by atoms with Crippen LogP contribution in [-0.4, -0.2) is 0 Å². The van der Waals surface area contributed by atoms with Gasteiger partial charge in [0, 0.05) is 0 Å². The van der Waals surface area contributed by atoms with Crippen molar-refractivity contribution >= 4 is 0 Å². The quantitative estimate of drug-likeness (QED) is 0.761. The van der Waals surface area contributed by atoms with E-state index in [2.05, 4.69) is 20.8 Å². The van der Waals surface area contributed by atoms with Gasteiger partial charge in [-0.2, -0.15) is 0 Å². The number of furan rings is 1. The van der Waals surface area contributed by atoms with Crippen LogP contribution in [0.15, 0.2) is 16.5 Å². The Morgan fingerprint density at radius 3 is 2.38 bits per heavy atom. The molecule has 0 saturated heterocycles. The third-order valence-electron chi connectivity index (χ3n) is 1.96. The zero-order chi connectivity index (χ0) is 10.1. The molecule has 0 bridgehead atoms. The number of rotatable bonds is 2. The lowest BCUT2D eigenvalue weighted by Crippen LogP contribution is -2.18. The summed E-state index contributed by atoms with van der Waals surface area (Å²) in [5, 5.41) is 0. The summed E-state index contributed by atoms with van der Waals surface area (Å²) in [6.07, 6.45) is 0.944. The van der Waals surface area contributed by atoms with Crippen molar-refractivity contribution < 1.29 is 4.42 Å². The summed E-state index contributed by atoms with van der Waals surface area (Å²) in [5.74, 6) is 1.83. The molecule has 1 atom stereocenters. The van der Waals surface area contributed by atoms with E-state index in [-0.39, 0.29) is 11.5 Å². The zero-order valence-electron chi connectivity index (χ0n) is 8.92. The molecular weight excluding hydrogens is 162 g/mol. The first-order chi connectivity index (χ1) is 5.88. The predicted molar refractivity (Wildman–Crippen MR) is 54.4 cm³/mol. The van der Waals surface area contributed by atoms with Crippen LogP contribution in [0.4, 0.5) is 0 Å². The summed E-state index contributed by atoms with van der Waals surface area (Å²) in [6.45, 7) is 8.49. The molecule has 13 heavy (non-hydrogen) atoms. The van der Waals surface area contributed by atoms with E-state index in [0.29, 0.717) is 0 Å².